The average molecular weight is 534 g/mol. The van der Waals surface area contributed by atoms with Crippen LogP contribution in [0.2, 0.25) is 0 Å². The Balaban J connectivity index is 1.41. The van der Waals surface area contributed by atoms with Gasteiger partial charge in [0.1, 0.15) is 28.0 Å². The van der Waals surface area contributed by atoms with Crippen LogP contribution in [0.4, 0.5) is 24.5 Å². The summed E-state index contributed by atoms with van der Waals surface area (Å²) in [5.41, 5.74) is 2.68. The number of fused-ring (bicyclic) bond motifs is 2. The molecule has 3 aromatic rings. The van der Waals surface area contributed by atoms with Crippen LogP contribution in [0.25, 0.3) is 0 Å². The zero-order valence-corrected chi connectivity index (χ0v) is 20.5. The second-order valence-electron chi connectivity index (χ2n) is 9.04. The Morgan fingerprint density at radius 2 is 1.68 bits per heavy atom. The maximum absolute atomic E-state index is 13.3. The minimum atomic E-state index is -4.85. The molecule has 1 aliphatic heterocycles. The van der Waals surface area contributed by atoms with E-state index in [0.29, 0.717) is 31.6 Å². The molecule has 7 nitrogen and oxygen atoms in total. The Kier molecular flexibility index (Phi) is 6.78. The van der Waals surface area contributed by atoms with Crippen LogP contribution in [-0.2, 0) is 16.5 Å². The number of aliphatic hydroxyl groups excluding tert-OH is 1. The third-order valence-electron chi connectivity index (χ3n) is 6.62. The summed E-state index contributed by atoms with van der Waals surface area (Å²) in [5.74, 6) is 0.219. The first kappa shape index (κ1) is 25.4. The third kappa shape index (κ3) is 5.39. The summed E-state index contributed by atoms with van der Waals surface area (Å²) in [4.78, 5) is 2.06. The molecule has 1 aliphatic carbocycles. The number of alkyl halides is 3. The fraction of sp³-hybridized carbons (Fsp3) is 0.308. The first-order valence-corrected chi connectivity index (χ1v) is 13.4. The number of halogens is 3. The number of rotatable bonds is 5. The Morgan fingerprint density at radius 3 is 2.41 bits per heavy atom. The minimum Gasteiger partial charge on any atom is -0.487 e. The van der Waals surface area contributed by atoms with Gasteiger partial charge in [0, 0.05) is 17.3 Å². The van der Waals surface area contributed by atoms with Crippen molar-refractivity contribution in [2.45, 2.75) is 55.3 Å². The van der Waals surface area contributed by atoms with Crippen LogP contribution in [0, 0.1) is 4.78 Å². The molecular weight excluding hydrogens is 507 g/mol. The lowest BCUT2D eigenvalue weighted by Gasteiger charge is -2.43. The van der Waals surface area contributed by atoms with Gasteiger partial charge in [-0.1, -0.05) is 30.3 Å². The second-order valence-corrected chi connectivity index (χ2v) is 10.9. The summed E-state index contributed by atoms with van der Waals surface area (Å²) in [6, 6.07) is 18.7. The number of ether oxygens (including phenoxy) is 2. The van der Waals surface area contributed by atoms with Gasteiger partial charge in [-0.25, -0.2) is 13.7 Å². The van der Waals surface area contributed by atoms with Gasteiger partial charge in [0.2, 0.25) is 0 Å². The van der Waals surface area contributed by atoms with Gasteiger partial charge in [-0.15, -0.1) is 13.2 Å². The van der Waals surface area contributed by atoms with Crippen molar-refractivity contribution in [3.05, 3.63) is 78.4 Å². The lowest BCUT2D eigenvalue weighted by atomic mass is 9.86. The van der Waals surface area contributed by atoms with Crippen molar-refractivity contribution in [1.82, 2.24) is 4.72 Å². The van der Waals surface area contributed by atoms with E-state index in [4.69, 9.17) is 9.52 Å². The molecule has 11 heteroatoms. The predicted molar refractivity (Wildman–Crippen MR) is 132 cm³/mol. The molecular formula is C26H26F3N3O4S. The second kappa shape index (κ2) is 9.88. The van der Waals surface area contributed by atoms with E-state index in [1.165, 1.54) is 0 Å². The van der Waals surface area contributed by atoms with Gasteiger partial charge in [0.05, 0.1) is 22.7 Å². The SMILES string of the molecule is N=S(=O)(NC1CCCC(N2c3ccccc3COc3ccccc32)C1O)c1ccc(OC(F)(F)F)cc1. The Hall–Kier alpha value is -3.28. The Bertz CT molecular complexity index is 1320. The van der Waals surface area contributed by atoms with Crippen LogP contribution in [0.15, 0.2) is 77.7 Å². The molecule has 1 fully saturated rings. The van der Waals surface area contributed by atoms with Crippen molar-refractivity contribution < 1.29 is 32.0 Å². The first-order chi connectivity index (χ1) is 17.6. The van der Waals surface area contributed by atoms with Gasteiger partial charge in [-0.2, -0.15) is 0 Å². The topological polar surface area (TPSA) is 94.9 Å². The fourth-order valence-corrected chi connectivity index (χ4v) is 6.31. The summed E-state index contributed by atoms with van der Waals surface area (Å²) in [6.07, 6.45) is -4.00. The van der Waals surface area contributed by atoms with E-state index in [2.05, 4.69) is 14.4 Å². The highest BCUT2D eigenvalue weighted by Crippen LogP contribution is 2.43. The molecule has 3 aromatic carbocycles. The molecule has 0 spiro atoms. The number of hydrogen-bond acceptors (Lipinski definition) is 6. The van der Waals surface area contributed by atoms with E-state index < -0.39 is 40.2 Å². The molecule has 2 aliphatic rings. The Labute approximate surface area is 212 Å². The van der Waals surface area contributed by atoms with E-state index in [-0.39, 0.29) is 4.90 Å². The van der Waals surface area contributed by atoms with Crippen molar-refractivity contribution in [2.24, 2.45) is 0 Å². The van der Waals surface area contributed by atoms with Crippen LogP contribution in [0.1, 0.15) is 24.8 Å². The molecule has 4 atom stereocenters. The lowest BCUT2D eigenvalue weighted by Crippen LogP contribution is -2.55. The monoisotopic (exact) mass is 533 g/mol. The molecule has 0 saturated heterocycles. The summed E-state index contributed by atoms with van der Waals surface area (Å²) >= 11 is 0. The normalized spacial score (nSPS) is 23.1. The summed E-state index contributed by atoms with van der Waals surface area (Å²) in [7, 11) is -3.63. The van der Waals surface area contributed by atoms with Crippen LogP contribution >= 0.6 is 0 Å². The van der Waals surface area contributed by atoms with E-state index in [1.807, 2.05) is 48.5 Å². The first-order valence-electron chi connectivity index (χ1n) is 11.8. The number of nitrogens with zero attached hydrogens (tertiary/aromatic N) is 1. The van der Waals surface area contributed by atoms with Gasteiger partial charge in [0.25, 0.3) is 0 Å². The quantitative estimate of drug-likeness (QED) is 0.402. The maximum atomic E-state index is 13.3. The van der Waals surface area contributed by atoms with Crippen molar-refractivity contribution in [3.8, 4) is 11.5 Å². The lowest BCUT2D eigenvalue weighted by molar-refractivity contribution is -0.274. The van der Waals surface area contributed by atoms with Crippen LogP contribution in [-0.4, -0.2) is 33.9 Å². The highest BCUT2D eigenvalue weighted by atomic mass is 32.2. The number of para-hydroxylation sites is 3. The molecule has 0 radical (unpaired) electrons. The summed E-state index contributed by atoms with van der Waals surface area (Å²) in [5, 5.41) is 11.5. The van der Waals surface area contributed by atoms with Crippen molar-refractivity contribution in [1.29, 1.82) is 4.78 Å². The molecule has 1 heterocycles. The standard InChI is InChI=1S/C26H26F3N3O4S/c27-26(28,29)36-18-12-14-19(15-13-18)37(30,34)31-20-7-5-10-23(25(20)33)32-21-8-2-1-6-17(21)16-35-24-11-4-3-9-22(24)32/h1-4,6,8-9,11-15,20,23,25,33H,5,7,10,16H2,(H2,30,31,34). The average Bonchev–Trinajstić information content (AvgIpc) is 3.02. The largest absolute Gasteiger partial charge is 0.573 e. The van der Waals surface area contributed by atoms with Gasteiger partial charge in [-0.3, -0.25) is 0 Å². The van der Waals surface area contributed by atoms with Crippen molar-refractivity contribution in [3.63, 3.8) is 0 Å². The number of benzene rings is 3. The number of nitrogens with one attached hydrogen (secondary N) is 2. The number of hydrogen-bond donors (Lipinski definition) is 3. The van der Waals surface area contributed by atoms with Gasteiger partial charge < -0.3 is 19.5 Å². The number of aliphatic hydroxyl groups is 1. The van der Waals surface area contributed by atoms with Gasteiger partial charge in [-0.05, 0) is 61.7 Å². The van der Waals surface area contributed by atoms with E-state index in [1.54, 1.807) is 0 Å². The Morgan fingerprint density at radius 1 is 1.00 bits per heavy atom. The molecule has 0 aromatic heterocycles. The summed E-state index contributed by atoms with van der Waals surface area (Å²) < 4.78 is 71.8. The minimum absolute atomic E-state index is 0.00443. The summed E-state index contributed by atoms with van der Waals surface area (Å²) in [6.45, 7) is 0.378. The van der Waals surface area contributed by atoms with Crippen LogP contribution < -0.4 is 19.1 Å². The third-order valence-corrected chi connectivity index (χ3v) is 8.19. The highest BCUT2D eigenvalue weighted by Gasteiger charge is 2.40. The highest BCUT2D eigenvalue weighted by molar-refractivity contribution is 7.90. The van der Waals surface area contributed by atoms with E-state index >= 15 is 0 Å². The molecule has 0 amide bonds. The van der Waals surface area contributed by atoms with E-state index in [9.17, 15) is 22.5 Å². The van der Waals surface area contributed by atoms with Crippen LogP contribution in [0.3, 0.4) is 0 Å². The van der Waals surface area contributed by atoms with E-state index in [0.717, 1.165) is 41.2 Å². The molecule has 3 N–H and O–H groups in total. The molecule has 5 rings (SSSR count). The van der Waals surface area contributed by atoms with Crippen LogP contribution in [0.5, 0.6) is 11.5 Å². The number of anilines is 2. The molecule has 1 saturated carbocycles. The fourth-order valence-electron chi connectivity index (χ4n) is 4.97. The molecule has 0 bridgehead atoms. The van der Waals surface area contributed by atoms with Crippen molar-refractivity contribution in [2.75, 3.05) is 4.90 Å². The predicted octanol–water partition coefficient (Wildman–Crippen LogP) is 5.51. The molecule has 37 heavy (non-hydrogen) atoms. The van der Waals surface area contributed by atoms with Crippen molar-refractivity contribution >= 4 is 21.3 Å². The van der Waals surface area contributed by atoms with Gasteiger partial charge in [0.15, 0.2) is 0 Å². The maximum Gasteiger partial charge on any atom is 0.573 e. The van der Waals surface area contributed by atoms with Gasteiger partial charge >= 0.3 is 6.36 Å². The molecule has 196 valence electrons. The molecule has 4 unspecified atom stereocenters. The zero-order valence-electron chi connectivity index (χ0n) is 19.6. The smallest absolute Gasteiger partial charge is 0.487 e. The zero-order chi connectivity index (χ0) is 26.2.